The first kappa shape index (κ1) is 15.0. The number of hydrogen-bond acceptors (Lipinski definition) is 2. The van der Waals surface area contributed by atoms with Gasteiger partial charge in [-0.1, -0.05) is 29.8 Å². The zero-order valence-electron chi connectivity index (χ0n) is 12.0. The summed E-state index contributed by atoms with van der Waals surface area (Å²) in [6, 6.07) is 14.4. The summed E-state index contributed by atoms with van der Waals surface area (Å²) in [6.45, 7) is 4.26. The molecule has 0 saturated carbocycles. The van der Waals surface area contributed by atoms with Gasteiger partial charge in [0.15, 0.2) is 0 Å². The fraction of sp³-hybridized carbons (Fsp3) is 0.294. The second-order valence-electron chi connectivity index (χ2n) is 5.92. The van der Waals surface area contributed by atoms with E-state index in [2.05, 4.69) is 53.9 Å². The van der Waals surface area contributed by atoms with Crippen molar-refractivity contribution in [2.45, 2.75) is 31.9 Å². The number of hydrogen-bond donors (Lipinski definition) is 1. The van der Waals surface area contributed by atoms with Crippen LogP contribution in [0.3, 0.4) is 0 Å². The first-order valence-electron chi connectivity index (χ1n) is 6.94. The topological polar surface area (TPSA) is 21.3 Å². The first-order chi connectivity index (χ1) is 9.94. The molecule has 1 aliphatic rings. The highest BCUT2D eigenvalue weighted by molar-refractivity contribution is 14.1. The van der Waals surface area contributed by atoms with E-state index in [0.29, 0.717) is 0 Å². The maximum absolute atomic E-state index is 6.07. The van der Waals surface area contributed by atoms with Crippen molar-refractivity contribution in [1.29, 1.82) is 0 Å². The van der Waals surface area contributed by atoms with Gasteiger partial charge in [0, 0.05) is 26.3 Å². The van der Waals surface area contributed by atoms with Gasteiger partial charge in [-0.05, 0) is 60.7 Å². The number of anilines is 1. The highest BCUT2D eigenvalue weighted by atomic mass is 127. The summed E-state index contributed by atoms with van der Waals surface area (Å²) in [4.78, 5) is 0. The minimum atomic E-state index is -0.177. The Morgan fingerprint density at radius 2 is 2.00 bits per heavy atom. The molecule has 0 aliphatic carbocycles. The van der Waals surface area contributed by atoms with Crippen molar-refractivity contribution >= 4 is 39.9 Å². The monoisotopic (exact) mass is 413 g/mol. The van der Waals surface area contributed by atoms with Gasteiger partial charge in [-0.3, -0.25) is 0 Å². The molecule has 1 atom stereocenters. The molecule has 2 nitrogen and oxygen atoms in total. The number of halogens is 2. The molecule has 0 fully saturated rings. The van der Waals surface area contributed by atoms with E-state index in [4.69, 9.17) is 16.3 Å². The van der Waals surface area contributed by atoms with E-state index >= 15 is 0 Å². The summed E-state index contributed by atoms with van der Waals surface area (Å²) < 4.78 is 7.20. The second-order valence-corrected chi connectivity index (χ2v) is 7.52. The molecule has 0 aromatic heterocycles. The van der Waals surface area contributed by atoms with Crippen molar-refractivity contribution < 1.29 is 4.74 Å². The molecule has 3 rings (SSSR count). The minimum Gasteiger partial charge on any atom is -0.487 e. The van der Waals surface area contributed by atoms with E-state index in [1.165, 1.54) is 5.56 Å². The molecule has 0 bridgehead atoms. The van der Waals surface area contributed by atoms with E-state index in [9.17, 15) is 0 Å². The van der Waals surface area contributed by atoms with Crippen LogP contribution < -0.4 is 10.1 Å². The molecule has 1 aliphatic heterocycles. The third-order valence-electron chi connectivity index (χ3n) is 3.64. The van der Waals surface area contributed by atoms with Crippen LogP contribution in [0.2, 0.25) is 5.02 Å². The van der Waals surface area contributed by atoms with Crippen LogP contribution in [0.5, 0.6) is 5.75 Å². The van der Waals surface area contributed by atoms with Crippen LogP contribution >= 0.6 is 34.2 Å². The summed E-state index contributed by atoms with van der Waals surface area (Å²) in [5.41, 5.74) is 2.14. The van der Waals surface area contributed by atoms with Gasteiger partial charge in [-0.15, -0.1) is 0 Å². The summed E-state index contributed by atoms with van der Waals surface area (Å²) in [6.07, 6.45) is 0.919. The van der Waals surface area contributed by atoms with Crippen LogP contribution in [0, 0.1) is 3.57 Å². The number of para-hydroxylation sites is 1. The Balaban J connectivity index is 1.94. The van der Waals surface area contributed by atoms with Crippen molar-refractivity contribution in [1.82, 2.24) is 0 Å². The molecule has 2 aromatic carbocycles. The molecular weight excluding hydrogens is 397 g/mol. The Morgan fingerprint density at radius 1 is 1.24 bits per heavy atom. The Hall–Kier alpha value is -0.940. The highest BCUT2D eigenvalue weighted by Crippen LogP contribution is 2.41. The van der Waals surface area contributed by atoms with E-state index in [-0.39, 0.29) is 11.6 Å². The zero-order chi connectivity index (χ0) is 15.0. The number of ether oxygens (including phenoxy) is 1. The average molecular weight is 414 g/mol. The summed E-state index contributed by atoms with van der Waals surface area (Å²) in [5.74, 6) is 0.968. The minimum absolute atomic E-state index is 0.177. The lowest BCUT2D eigenvalue weighted by molar-refractivity contribution is 0.0759. The smallest absolute Gasteiger partial charge is 0.125 e. The van der Waals surface area contributed by atoms with Gasteiger partial charge in [0.2, 0.25) is 0 Å². The van der Waals surface area contributed by atoms with Gasteiger partial charge in [0.1, 0.15) is 11.4 Å². The van der Waals surface area contributed by atoms with Gasteiger partial charge in [0.05, 0.1) is 6.04 Å². The standard InChI is InChI=1S/C17H17ClINO/c1-17(2)10-15(12-5-3-4-6-16(12)21-17)20-14-8-7-11(18)9-13(14)19/h3-9,15,20H,10H2,1-2H3. The fourth-order valence-corrected chi connectivity index (χ4v) is 3.75. The van der Waals surface area contributed by atoms with Crippen LogP contribution in [0.15, 0.2) is 42.5 Å². The number of rotatable bonds is 2. The Bertz CT molecular complexity index is 672. The summed E-state index contributed by atoms with van der Waals surface area (Å²) in [7, 11) is 0. The fourth-order valence-electron chi connectivity index (χ4n) is 2.73. The van der Waals surface area contributed by atoms with Crippen molar-refractivity contribution in [3.63, 3.8) is 0 Å². The van der Waals surface area contributed by atoms with E-state index in [1.54, 1.807) is 0 Å². The summed E-state index contributed by atoms with van der Waals surface area (Å²) >= 11 is 8.35. The quantitative estimate of drug-likeness (QED) is 0.642. The summed E-state index contributed by atoms with van der Waals surface area (Å²) in [5, 5.41) is 4.40. The maximum Gasteiger partial charge on any atom is 0.125 e. The molecule has 1 unspecified atom stereocenters. The van der Waals surface area contributed by atoms with Gasteiger partial charge < -0.3 is 10.1 Å². The van der Waals surface area contributed by atoms with Gasteiger partial charge >= 0.3 is 0 Å². The molecule has 1 heterocycles. The van der Waals surface area contributed by atoms with Gasteiger partial charge in [-0.25, -0.2) is 0 Å². The molecule has 0 spiro atoms. The molecule has 0 amide bonds. The largest absolute Gasteiger partial charge is 0.487 e. The number of fused-ring (bicyclic) bond motifs is 1. The van der Waals surface area contributed by atoms with Gasteiger partial charge in [0.25, 0.3) is 0 Å². The Morgan fingerprint density at radius 3 is 2.76 bits per heavy atom. The van der Waals surface area contributed by atoms with E-state index in [1.807, 2.05) is 30.3 Å². The maximum atomic E-state index is 6.07. The van der Waals surface area contributed by atoms with E-state index in [0.717, 1.165) is 26.5 Å². The van der Waals surface area contributed by atoms with Gasteiger partial charge in [-0.2, -0.15) is 0 Å². The lowest BCUT2D eigenvalue weighted by Gasteiger charge is -2.38. The molecule has 4 heteroatoms. The third kappa shape index (κ3) is 3.29. The predicted molar refractivity (Wildman–Crippen MR) is 96.3 cm³/mol. The molecular formula is C17H17ClINO. The van der Waals surface area contributed by atoms with Crippen molar-refractivity contribution in [3.8, 4) is 5.75 Å². The predicted octanol–water partition coefficient (Wildman–Crippen LogP) is 5.66. The van der Waals surface area contributed by atoms with Crippen LogP contribution in [-0.4, -0.2) is 5.60 Å². The van der Waals surface area contributed by atoms with Crippen LogP contribution in [0.4, 0.5) is 5.69 Å². The SMILES string of the molecule is CC1(C)CC(Nc2ccc(Cl)cc2I)c2ccccc2O1. The lowest BCUT2D eigenvalue weighted by atomic mass is 9.89. The third-order valence-corrected chi connectivity index (χ3v) is 4.76. The second kappa shape index (κ2) is 5.69. The normalized spacial score (nSPS) is 19.5. The first-order valence-corrected chi connectivity index (χ1v) is 8.40. The Labute approximate surface area is 144 Å². The van der Waals surface area contributed by atoms with Crippen molar-refractivity contribution in [2.24, 2.45) is 0 Å². The molecule has 21 heavy (non-hydrogen) atoms. The van der Waals surface area contributed by atoms with Crippen LogP contribution in [-0.2, 0) is 0 Å². The highest BCUT2D eigenvalue weighted by Gasteiger charge is 2.33. The molecule has 1 N–H and O–H groups in total. The average Bonchev–Trinajstić information content (AvgIpc) is 2.40. The number of benzene rings is 2. The van der Waals surface area contributed by atoms with Crippen molar-refractivity contribution in [3.05, 3.63) is 56.6 Å². The van der Waals surface area contributed by atoms with Crippen molar-refractivity contribution in [2.75, 3.05) is 5.32 Å². The van der Waals surface area contributed by atoms with E-state index < -0.39 is 0 Å². The number of nitrogens with one attached hydrogen (secondary N) is 1. The van der Waals surface area contributed by atoms with Crippen LogP contribution in [0.1, 0.15) is 31.9 Å². The molecule has 0 radical (unpaired) electrons. The lowest BCUT2D eigenvalue weighted by Crippen LogP contribution is -2.37. The van der Waals surface area contributed by atoms with Crippen LogP contribution in [0.25, 0.3) is 0 Å². The molecule has 110 valence electrons. The Kier molecular flexibility index (Phi) is 4.06. The zero-order valence-corrected chi connectivity index (χ0v) is 14.9. The molecule has 2 aromatic rings. The molecule has 0 saturated heterocycles.